The second-order valence-corrected chi connectivity index (χ2v) is 5.17. The monoisotopic (exact) mass is 356 g/mol. The highest BCUT2D eigenvalue weighted by atomic mass is 35.5. The van der Waals surface area contributed by atoms with Crippen molar-refractivity contribution < 1.29 is 9.53 Å². The second-order valence-electron chi connectivity index (χ2n) is 5.17. The third-order valence-corrected chi connectivity index (χ3v) is 3.33. The Labute approximate surface area is 149 Å². The molecule has 6 heteroatoms. The van der Waals surface area contributed by atoms with E-state index in [0.29, 0.717) is 6.42 Å². The van der Waals surface area contributed by atoms with Gasteiger partial charge in [0.2, 0.25) is 0 Å². The Hall–Kier alpha value is -1.62. The van der Waals surface area contributed by atoms with Crippen molar-refractivity contribution >= 4 is 30.8 Å². The lowest BCUT2D eigenvalue weighted by Gasteiger charge is -2.10. The van der Waals surface area contributed by atoms with Crippen molar-refractivity contribution in [2.45, 2.75) is 26.3 Å². The summed E-state index contributed by atoms with van der Waals surface area (Å²) < 4.78 is 4.63. The summed E-state index contributed by atoms with van der Waals surface area (Å²) in [7, 11) is 1.35. The quantitative estimate of drug-likeness (QED) is 0.853. The number of aromatic nitrogens is 1. The van der Waals surface area contributed by atoms with E-state index in [9.17, 15) is 4.79 Å². The van der Waals surface area contributed by atoms with Crippen molar-refractivity contribution in [1.29, 1.82) is 0 Å². The minimum atomic E-state index is -0.619. The van der Waals surface area contributed by atoms with Gasteiger partial charge in [0.15, 0.2) is 0 Å². The lowest BCUT2D eigenvalue weighted by molar-refractivity contribution is -0.142. The molecule has 0 amide bonds. The first-order valence-corrected chi connectivity index (χ1v) is 6.87. The summed E-state index contributed by atoms with van der Waals surface area (Å²) in [5, 5.41) is 0. The fraction of sp³-hybridized carbons (Fsp3) is 0.294. The van der Waals surface area contributed by atoms with E-state index in [-0.39, 0.29) is 30.8 Å². The molecule has 1 atom stereocenters. The molecule has 0 saturated carbocycles. The summed E-state index contributed by atoms with van der Waals surface area (Å²) in [6, 6.07) is 11.5. The Bertz CT molecular complexity index is 625. The predicted molar refractivity (Wildman–Crippen MR) is 97.3 cm³/mol. The molecule has 0 saturated heterocycles. The van der Waals surface area contributed by atoms with E-state index < -0.39 is 6.04 Å². The van der Waals surface area contributed by atoms with Crippen molar-refractivity contribution in [3.63, 3.8) is 0 Å². The molecule has 0 spiro atoms. The van der Waals surface area contributed by atoms with Crippen LogP contribution in [0.2, 0.25) is 0 Å². The van der Waals surface area contributed by atoms with Crippen molar-refractivity contribution in [2.75, 3.05) is 7.11 Å². The van der Waals surface area contributed by atoms with Gasteiger partial charge < -0.3 is 10.5 Å². The maximum Gasteiger partial charge on any atom is 0.322 e. The summed E-state index contributed by atoms with van der Waals surface area (Å²) in [5.41, 5.74) is 11.0. The van der Waals surface area contributed by atoms with Crippen LogP contribution >= 0.6 is 24.8 Å². The lowest BCUT2D eigenvalue weighted by Crippen LogP contribution is -2.33. The summed E-state index contributed by atoms with van der Waals surface area (Å²) >= 11 is 0. The van der Waals surface area contributed by atoms with Gasteiger partial charge >= 0.3 is 5.97 Å². The van der Waals surface area contributed by atoms with Crippen LogP contribution in [-0.4, -0.2) is 24.1 Å². The molecule has 126 valence electrons. The number of hydrogen-bond acceptors (Lipinski definition) is 4. The van der Waals surface area contributed by atoms with Gasteiger partial charge in [0.25, 0.3) is 0 Å². The van der Waals surface area contributed by atoms with Gasteiger partial charge in [-0.3, -0.25) is 9.78 Å². The van der Waals surface area contributed by atoms with Gasteiger partial charge in [-0.05, 0) is 49.1 Å². The molecular weight excluding hydrogens is 335 g/mol. The van der Waals surface area contributed by atoms with Crippen LogP contribution in [0.4, 0.5) is 0 Å². The molecule has 2 aromatic rings. The molecule has 0 radical (unpaired) electrons. The van der Waals surface area contributed by atoms with E-state index in [0.717, 1.165) is 28.1 Å². The molecule has 1 heterocycles. The summed E-state index contributed by atoms with van der Waals surface area (Å²) in [6.45, 7) is 3.97. The Morgan fingerprint density at radius 1 is 1.09 bits per heavy atom. The molecule has 0 bridgehead atoms. The normalized spacial score (nSPS) is 11.0. The molecule has 4 nitrogen and oxygen atoms in total. The average Bonchev–Trinajstić information content (AvgIpc) is 2.46. The molecular formula is C17H22Cl2N2O2. The second kappa shape index (κ2) is 9.50. The van der Waals surface area contributed by atoms with Crippen LogP contribution in [0.15, 0.2) is 36.4 Å². The van der Waals surface area contributed by atoms with Crippen LogP contribution < -0.4 is 5.73 Å². The van der Waals surface area contributed by atoms with Crippen LogP contribution in [0, 0.1) is 13.8 Å². The average molecular weight is 357 g/mol. The number of benzene rings is 1. The topological polar surface area (TPSA) is 65.2 Å². The Balaban J connectivity index is 0.00000242. The Morgan fingerprint density at radius 3 is 2.09 bits per heavy atom. The van der Waals surface area contributed by atoms with Crippen LogP contribution in [-0.2, 0) is 16.0 Å². The van der Waals surface area contributed by atoms with E-state index in [1.807, 2.05) is 38.1 Å². The highest BCUT2D eigenvalue weighted by Gasteiger charge is 2.14. The standard InChI is InChI=1S/C17H20N2O2.2ClH/c1-11-8-15(9-12(2)19-11)14-6-4-13(5-7-14)10-16(18)17(20)21-3;;/h4-9,16H,10,18H2,1-3H3;2*1H/t16-;;/m0../s1. The maximum atomic E-state index is 11.3. The van der Waals surface area contributed by atoms with Crippen molar-refractivity contribution in [3.8, 4) is 11.1 Å². The van der Waals surface area contributed by atoms with Gasteiger partial charge in [0, 0.05) is 11.4 Å². The molecule has 2 N–H and O–H groups in total. The number of methoxy groups -OCH3 is 1. The maximum absolute atomic E-state index is 11.3. The highest BCUT2D eigenvalue weighted by Crippen LogP contribution is 2.21. The zero-order valence-corrected chi connectivity index (χ0v) is 15.0. The van der Waals surface area contributed by atoms with E-state index in [1.165, 1.54) is 7.11 Å². The fourth-order valence-electron chi connectivity index (χ4n) is 2.32. The molecule has 0 aliphatic carbocycles. The molecule has 0 aliphatic heterocycles. The summed E-state index contributed by atoms with van der Waals surface area (Å²) in [4.78, 5) is 15.7. The molecule has 0 unspecified atom stereocenters. The first kappa shape index (κ1) is 21.4. The zero-order valence-electron chi connectivity index (χ0n) is 13.4. The number of aryl methyl sites for hydroxylation is 2. The minimum Gasteiger partial charge on any atom is -0.468 e. The van der Waals surface area contributed by atoms with Crippen molar-refractivity contribution in [3.05, 3.63) is 53.3 Å². The number of esters is 1. The number of nitrogens with zero attached hydrogens (tertiary/aromatic N) is 1. The van der Waals surface area contributed by atoms with Gasteiger partial charge in [0.1, 0.15) is 6.04 Å². The lowest BCUT2D eigenvalue weighted by atomic mass is 10.0. The SMILES string of the molecule is COC(=O)[C@@H](N)Cc1ccc(-c2cc(C)nc(C)c2)cc1.Cl.Cl. The van der Waals surface area contributed by atoms with Crippen LogP contribution in [0.25, 0.3) is 11.1 Å². The number of nitrogens with two attached hydrogens (primary N) is 1. The van der Waals surface area contributed by atoms with E-state index in [1.54, 1.807) is 0 Å². The largest absolute Gasteiger partial charge is 0.468 e. The number of halogens is 2. The smallest absolute Gasteiger partial charge is 0.322 e. The minimum absolute atomic E-state index is 0. The van der Waals surface area contributed by atoms with Crippen LogP contribution in [0.3, 0.4) is 0 Å². The van der Waals surface area contributed by atoms with Gasteiger partial charge in [-0.2, -0.15) is 0 Å². The summed E-state index contributed by atoms with van der Waals surface area (Å²) in [6.07, 6.45) is 0.474. The number of pyridine rings is 1. The first-order valence-electron chi connectivity index (χ1n) is 6.87. The predicted octanol–water partition coefficient (Wildman–Crippen LogP) is 3.25. The molecule has 1 aromatic heterocycles. The van der Waals surface area contributed by atoms with Crippen LogP contribution in [0.1, 0.15) is 17.0 Å². The molecule has 1 aromatic carbocycles. The Kier molecular flexibility index (Phi) is 8.83. The number of ether oxygens (including phenoxy) is 1. The van der Waals surface area contributed by atoms with Crippen LogP contribution in [0.5, 0.6) is 0 Å². The number of hydrogen-bond donors (Lipinski definition) is 1. The number of carbonyl (C=O) groups excluding carboxylic acids is 1. The third kappa shape index (κ3) is 5.82. The van der Waals surface area contributed by atoms with Gasteiger partial charge in [0.05, 0.1) is 7.11 Å². The molecule has 0 fully saturated rings. The number of rotatable bonds is 4. The molecule has 0 aliphatic rings. The number of carbonyl (C=O) groups is 1. The first-order chi connectivity index (χ1) is 9.99. The van der Waals surface area contributed by atoms with Gasteiger partial charge in [-0.15, -0.1) is 24.8 Å². The fourth-order valence-corrected chi connectivity index (χ4v) is 2.32. The Morgan fingerprint density at radius 2 is 1.61 bits per heavy atom. The van der Waals surface area contributed by atoms with Crippen molar-refractivity contribution in [1.82, 2.24) is 4.98 Å². The molecule has 2 rings (SSSR count). The zero-order chi connectivity index (χ0) is 15.4. The van der Waals surface area contributed by atoms with Gasteiger partial charge in [-0.25, -0.2) is 0 Å². The highest BCUT2D eigenvalue weighted by molar-refractivity contribution is 5.85. The van der Waals surface area contributed by atoms with Crippen molar-refractivity contribution in [2.24, 2.45) is 5.73 Å². The molecule has 23 heavy (non-hydrogen) atoms. The van der Waals surface area contributed by atoms with Gasteiger partial charge in [-0.1, -0.05) is 24.3 Å². The third-order valence-electron chi connectivity index (χ3n) is 3.33. The van der Waals surface area contributed by atoms with E-state index in [4.69, 9.17) is 5.73 Å². The van der Waals surface area contributed by atoms with E-state index in [2.05, 4.69) is 21.9 Å². The van der Waals surface area contributed by atoms with E-state index >= 15 is 0 Å². The summed E-state index contributed by atoms with van der Waals surface area (Å²) in [5.74, 6) is -0.389.